The molecule has 0 aromatic heterocycles. The minimum absolute atomic E-state index is 0.0675. The van der Waals surface area contributed by atoms with Crippen molar-refractivity contribution in [2.45, 2.75) is 90.6 Å². The van der Waals surface area contributed by atoms with Gasteiger partial charge in [0.1, 0.15) is 0 Å². The molecule has 6 nitrogen and oxygen atoms in total. The number of carbonyl (C=O) groups is 2. The van der Waals surface area contributed by atoms with Crippen LogP contribution in [0.15, 0.2) is 24.3 Å². The SMILES string of the molecule is CCC(CC)CN(CCCN1[C@@H]2CC[C@H]1CC(c1cccc(C(N)=O)c1)C2)C(=O)C(C)(C)CO. The monoisotopic (exact) mass is 471 g/mol. The highest BCUT2D eigenvalue weighted by molar-refractivity contribution is 5.92. The summed E-state index contributed by atoms with van der Waals surface area (Å²) >= 11 is 0. The number of primary amides is 1. The van der Waals surface area contributed by atoms with E-state index in [4.69, 9.17) is 5.73 Å². The van der Waals surface area contributed by atoms with Gasteiger partial charge in [-0.05, 0) is 75.5 Å². The molecule has 2 saturated heterocycles. The van der Waals surface area contributed by atoms with E-state index in [0.717, 1.165) is 51.7 Å². The van der Waals surface area contributed by atoms with Crippen LogP contribution in [0.5, 0.6) is 0 Å². The molecule has 0 aliphatic carbocycles. The Morgan fingerprint density at radius 2 is 1.82 bits per heavy atom. The molecule has 1 unspecified atom stereocenters. The highest BCUT2D eigenvalue weighted by atomic mass is 16.3. The third-order valence-electron chi connectivity index (χ3n) is 8.27. The van der Waals surface area contributed by atoms with Gasteiger partial charge in [-0.1, -0.05) is 38.8 Å². The molecule has 0 saturated carbocycles. The summed E-state index contributed by atoms with van der Waals surface area (Å²) in [5.41, 5.74) is 6.60. The van der Waals surface area contributed by atoms with Crippen LogP contribution in [0.1, 0.15) is 94.5 Å². The van der Waals surface area contributed by atoms with Crippen LogP contribution in [0, 0.1) is 11.3 Å². The van der Waals surface area contributed by atoms with Gasteiger partial charge in [-0.15, -0.1) is 0 Å². The van der Waals surface area contributed by atoms with Crippen LogP contribution in [0.4, 0.5) is 0 Å². The van der Waals surface area contributed by atoms with E-state index in [2.05, 4.69) is 24.8 Å². The normalized spacial score (nSPS) is 22.8. The van der Waals surface area contributed by atoms with Crippen LogP contribution in [0.3, 0.4) is 0 Å². The van der Waals surface area contributed by atoms with E-state index in [0.29, 0.717) is 29.5 Å². The van der Waals surface area contributed by atoms with Gasteiger partial charge in [-0.3, -0.25) is 14.5 Å². The lowest BCUT2D eigenvalue weighted by atomic mass is 9.84. The Kier molecular flexibility index (Phi) is 9.16. The van der Waals surface area contributed by atoms with E-state index in [1.165, 1.54) is 18.4 Å². The van der Waals surface area contributed by atoms with Crippen molar-refractivity contribution in [1.82, 2.24) is 9.80 Å². The molecule has 1 aromatic carbocycles. The molecule has 34 heavy (non-hydrogen) atoms. The predicted octanol–water partition coefficient (Wildman–Crippen LogP) is 4.17. The zero-order valence-electron chi connectivity index (χ0n) is 21.6. The second-order valence-corrected chi connectivity index (χ2v) is 11.1. The number of aliphatic hydroxyl groups excluding tert-OH is 1. The van der Waals surface area contributed by atoms with Crippen molar-refractivity contribution < 1.29 is 14.7 Å². The number of amides is 2. The molecule has 0 spiro atoms. The number of benzene rings is 1. The fourth-order valence-electron chi connectivity index (χ4n) is 5.93. The van der Waals surface area contributed by atoms with Crippen molar-refractivity contribution in [3.63, 3.8) is 0 Å². The molecular formula is C28H45N3O3. The molecule has 2 amide bonds. The molecule has 1 aromatic rings. The van der Waals surface area contributed by atoms with Gasteiger partial charge in [0.05, 0.1) is 12.0 Å². The van der Waals surface area contributed by atoms with Crippen molar-refractivity contribution >= 4 is 11.8 Å². The Hall–Kier alpha value is -1.92. The highest BCUT2D eigenvalue weighted by Crippen LogP contribution is 2.43. The number of fused-ring (bicyclic) bond motifs is 2. The second kappa shape index (κ2) is 11.7. The summed E-state index contributed by atoms with van der Waals surface area (Å²) in [5.74, 6) is 0.685. The molecular weight excluding hydrogens is 426 g/mol. The maximum atomic E-state index is 13.2. The highest BCUT2D eigenvalue weighted by Gasteiger charge is 2.41. The largest absolute Gasteiger partial charge is 0.395 e. The number of aliphatic hydroxyl groups is 1. The van der Waals surface area contributed by atoms with Gasteiger partial charge in [0, 0.05) is 37.3 Å². The summed E-state index contributed by atoms with van der Waals surface area (Å²) in [7, 11) is 0. The molecule has 2 bridgehead atoms. The van der Waals surface area contributed by atoms with Crippen LogP contribution in [-0.4, -0.2) is 65.0 Å². The van der Waals surface area contributed by atoms with Gasteiger partial charge in [0.2, 0.25) is 11.8 Å². The fourth-order valence-corrected chi connectivity index (χ4v) is 5.93. The van der Waals surface area contributed by atoms with Crippen LogP contribution in [0.25, 0.3) is 0 Å². The third kappa shape index (κ3) is 6.19. The van der Waals surface area contributed by atoms with E-state index >= 15 is 0 Å². The lowest BCUT2D eigenvalue weighted by molar-refractivity contribution is -0.143. The van der Waals surface area contributed by atoms with E-state index in [9.17, 15) is 14.7 Å². The number of nitrogens with two attached hydrogens (primary N) is 1. The molecule has 3 atom stereocenters. The first-order valence-corrected chi connectivity index (χ1v) is 13.3. The van der Waals surface area contributed by atoms with Gasteiger partial charge < -0.3 is 15.7 Å². The van der Waals surface area contributed by atoms with E-state index < -0.39 is 5.41 Å². The number of piperidine rings is 1. The first kappa shape index (κ1) is 26.7. The summed E-state index contributed by atoms with van der Waals surface area (Å²) in [6, 6.07) is 8.99. The molecule has 190 valence electrons. The van der Waals surface area contributed by atoms with E-state index in [-0.39, 0.29) is 18.4 Å². The topological polar surface area (TPSA) is 86.9 Å². The predicted molar refractivity (Wildman–Crippen MR) is 137 cm³/mol. The summed E-state index contributed by atoms with van der Waals surface area (Å²) < 4.78 is 0. The lowest BCUT2D eigenvalue weighted by Gasteiger charge is -2.40. The zero-order valence-corrected chi connectivity index (χ0v) is 21.6. The molecule has 2 heterocycles. The van der Waals surface area contributed by atoms with Crippen molar-refractivity contribution in [3.05, 3.63) is 35.4 Å². The number of hydrogen-bond donors (Lipinski definition) is 2. The van der Waals surface area contributed by atoms with Crippen molar-refractivity contribution in [2.75, 3.05) is 26.2 Å². The summed E-state index contributed by atoms with van der Waals surface area (Å²) in [4.78, 5) is 29.5. The van der Waals surface area contributed by atoms with Gasteiger partial charge in [-0.2, -0.15) is 0 Å². The second-order valence-electron chi connectivity index (χ2n) is 11.1. The van der Waals surface area contributed by atoms with Crippen LogP contribution < -0.4 is 5.73 Å². The number of rotatable bonds is 12. The first-order chi connectivity index (χ1) is 16.2. The van der Waals surface area contributed by atoms with Crippen molar-refractivity contribution in [2.24, 2.45) is 17.1 Å². The minimum Gasteiger partial charge on any atom is -0.395 e. The third-order valence-corrected chi connectivity index (χ3v) is 8.27. The zero-order chi connectivity index (χ0) is 24.9. The summed E-state index contributed by atoms with van der Waals surface area (Å²) in [6.07, 6.45) is 7.78. The van der Waals surface area contributed by atoms with E-state index in [1.54, 1.807) is 6.07 Å². The Morgan fingerprint density at radius 3 is 2.38 bits per heavy atom. The molecule has 2 fully saturated rings. The number of hydrogen-bond acceptors (Lipinski definition) is 4. The number of carbonyl (C=O) groups excluding carboxylic acids is 2. The molecule has 6 heteroatoms. The summed E-state index contributed by atoms with van der Waals surface area (Å²) in [6.45, 7) is 10.5. The average molecular weight is 472 g/mol. The van der Waals surface area contributed by atoms with Crippen molar-refractivity contribution in [3.8, 4) is 0 Å². The number of nitrogens with zero attached hydrogens (tertiary/aromatic N) is 2. The van der Waals surface area contributed by atoms with Crippen molar-refractivity contribution in [1.29, 1.82) is 0 Å². The Bertz CT molecular complexity index is 822. The smallest absolute Gasteiger partial charge is 0.248 e. The standard InChI is InChI=1S/C28H45N3O3/c1-5-20(6-2)18-30(27(34)28(3,4)19-32)13-8-14-31-24-11-12-25(31)17-23(16-24)21-9-7-10-22(15-21)26(29)33/h7,9-10,15,20,23-25,32H,5-6,8,11-14,16-19H2,1-4H3,(H2,29,33)/t23?,24-,25+. The van der Waals surface area contributed by atoms with Gasteiger partial charge in [0.15, 0.2) is 0 Å². The average Bonchev–Trinajstić information content (AvgIpc) is 3.07. The van der Waals surface area contributed by atoms with Gasteiger partial charge >= 0.3 is 0 Å². The van der Waals surface area contributed by atoms with E-state index in [1.807, 2.05) is 30.9 Å². The lowest BCUT2D eigenvalue weighted by Crippen LogP contribution is -2.47. The maximum absolute atomic E-state index is 13.2. The Morgan fingerprint density at radius 1 is 1.18 bits per heavy atom. The molecule has 2 aliphatic heterocycles. The van der Waals surface area contributed by atoms with Crippen LogP contribution >= 0.6 is 0 Å². The molecule has 2 aliphatic rings. The quantitative estimate of drug-likeness (QED) is 0.479. The van der Waals surface area contributed by atoms with Gasteiger partial charge in [0.25, 0.3) is 0 Å². The Labute approximate surface area is 205 Å². The summed E-state index contributed by atoms with van der Waals surface area (Å²) in [5, 5.41) is 9.75. The van der Waals surface area contributed by atoms with Crippen LogP contribution in [-0.2, 0) is 4.79 Å². The fraction of sp³-hybridized carbons (Fsp3) is 0.714. The Balaban J connectivity index is 1.60. The first-order valence-electron chi connectivity index (χ1n) is 13.3. The van der Waals surface area contributed by atoms with Crippen LogP contribution in [0.2, 0.25) is 0 Å². The maximum Gasteiger partial charge on any atom is 0.248 e. The molecule has 3 N–H and O–H groups in total. The van der Waals surface area contributed by atoms with Gasteiger partial charge in [-0.25, -0.2) is 0 Å². The minimum atomic E-state index is -0.733. The molecule has 0 radical (unpaired) electrons. The molecule has 3 rings (SSSR count).